The van der Waals surface area contributed by atoms with Crippen LogP contribution in [0.15, 0.2) is 47.1 Å². The van der Waals surface area contributed by atoms with Gasteiger partial charge in [-0.1, -0.05) is 0 Å². The topological polar surface area (TPSA) is 85.8 Å². The second kappa shape index (κ2) is 6.60. The van der Waals surface area contributed by atoms with E-state index in [1.54, 1.807) is 48.5 Å². The van der Waals surface area contributed by atoms with Crippen LogP contribution in [0, 0.1) is 0 Å². The Kier molecular flexibility index (Phi) is 4.61. The number of hydrogen-bond donors (Lipinski definition) is 1. The van der Waals surface area contributed by atoms with E-state index in [0.29, 0.717) is 23.6 Å². The Morgan fingerprint density at radius 1 is 1.24 bits per heavy atom. The zero-order chi connectivity index (χ0) is 15.2. The van der Waals surface area contributed by atoms with Crippen LogP contribution in [0.4, 0.5) is 0 Å². The van der Waals surface area contributed by atoms with Crippen LogP contribution in [-0.4, -0.2) is 30.4 Å². The lowest BCUT2D eigenvalue weighted by Gasteiger charge is -2.16. The lowest BCUT2D eigenvalue weighted by molar-refractivity contribution is -0.119. The Morgan fingerprint density at radius 2 is 1.95 bits per heavy atom. The molecule has 0 fully saturated rings. The maximum atomic E-state index is 12.2. The van der Waals surface area contributed by atoms with Gasteiger partial charge in [-0.2, -0.15) is 0 Å². The summed E-state index contributed by atoms with van der Waals surface area (Å²) in [5.41, 5.74) is 5.51. The van der Waals surface area contributed by atoms with Gasteiger partial charge >= 0.3 is 0 Å². The summed E-state index contributed by atoms with van der Waals surface area (Å²) in [4.78, 5) is 24.4. The minimum Gasteiger partial charge on any atom is -0.484 e. The number of primary amides is 1. The first-order chi connectivity index (χ1) is 10.1. The van der Waals surface area contributed by atoms with Crippen molar-refractivity contribution in [2.75, 3.05) is 13.7 Å². The number of nitrogens with two attached hydrogens (primary N) is 1. The van der Waals surface area contributed by atoms with E-state index in [0.717, 1.165) is 0 Å². The van der Waals surface area contributed by atoms with Crippen LogP contribution in [0.1, 0.15) is 16.1 Å². The third-order valence-corrected chi connectivity index (χ3v) is 2.80. The first-order valence-corrected chi connectivity index (χ1v) is 6.35. The number of nitrogens with zero attached hydrogens (tertiary/aromatic N) is 1. The Labute approximate surface area is 122 Å². The van der Waals surface area contributed by atoms with Crippen LogP contribution in [-0.2, 0) is 11.3 Å². The largest absolute Gasteiger partial charge is 0.484 e. The van der Waals surface area contributed by atoms with Gasteiger partial charge < -0.3 is 19.8 Å². The lowest BCUT2D eigenvalue weighted by Crippen LogP contribution is -2.26. The summed E-state index contributed by atoms with van der Waals surface area (Å²) in [5, 5.41) is 0. The van der Waals surface area contributed by atoms with Crippen LogP contribution < -0.4 is 10.5 Å². The molecule has 0 saturated carbocycles. The Bertz CT molecular complexity index is 605. The Morgan fingerprint density at radius 3 is 2.52 bits per heavy atom. The van der Waals surface area contributed by atoms with Crippen LogP contribution in [0.25, 0.3) is 0 Å². The van der Waals surface area contributed by atoms with Gasteiger partial charge in [0.1, 0.15) is 11.5 Å². The van der Waals surface area contributed by atoms with Gasteiger partial charge in [0.15, 0.2) is 6.61 Å². The molecule has 0 aliphatic carbocycles. The van der Waals surface area contributed by atoms with Gasteiger partial charge in [0.2, 0.25) is 0 Å². The van der Waals surface area contributed by atoms with E-state index in [1.165, 1.54) is 0 Å². The summed E-state index contributed by atoms with van der Waals surface area (Å²) in [6, 6.07) is 10.1. The van der Waals surface area contributed by atoms with Crippen LogP contribution >= 0.6 is 0 Å². The summed E-state index contributed by atoms with van der Waals surface area (Å²) in [7, 11) is 1.70. The molecule has 6 nitrogen and oxygen atoms in total. The van der Waals surface area contributed by atoms with Gasteiger partial charge in [-0.05, 0) is 36.4 Å². The molecular formula is C15H16N2O4. The predicted molar refractivity (Wildman–Crippen MR) is 75.6 cm³/mol. The normalized spacial score (nSPS) is 10.1. The number of ether oxygens (including phenoxy) is 1. The third kappa shape index (κ3) is 4.10. The second-order valence-corrected chi connectivity index (χ2v) is 4.52. The molecule has 6 heteroatoms. The van der Waals surface area contributed by atoms with Gasteiger partial charge in [0, 0.05) is 12.6 Å². The number of rotatable bonds is 6. The number of amides is 2. The van der Waals surface area contributed by atoms with Crippen molar-refractivity contribution < 1.29 is 18.7 Å². The fourth-order valence-corrected chi connectivity index (χ4v) is 1.78. The number of hydrogen-bond acceptors (Lipinski definition) is 4. The second-order valence-electron chi connectivity index (χ2n) is 4.52. The molecule has 0 radical (unpaired) electrons. The summed E-state index contributed by atoms with van der Waals surface area (Å²) in [6.45, 7) is 0.206. The molecule has 2 aromatic rings. The maximum absolute atomic E-state index is 12.2. The molecular weight excluding hydrogens is 272 g/mol. The maximum Gasteiger partial charge on any atom is 0.255 e. The average Bonchev–Trinajstić information content (AvgIpc) is 2.97. The highest BCUT2D eigenvalue weighted by Crippen LogP contribution is 2.14. The first kappa shape index (κ1) is 14.6. The molecule has 110 valence electrons. The van der Waals surface area contributed by atoms with Gasteiger partial charge in [-0.15, -0.1) is 0 Å². The zero-order valence-corrected chi connectivity index (χ0v) is 11.6. The molecule has 1 aromatic carbocycles. The minimum absolute atomic E-state index is 0.132. The van der Waals surface area contributed by atoms with Crippen molar-refractivity contribution in [3.8, 4) is 5.75 Å². The SMILES string of the molecule is CN(Cc1ccco1)C(=O)c1ccc(OCC(N)=O)cc1. The van der Waals surface area contributed by atoms with E-state index in [-0.39, 0.29) is 12.5 Å². The molecule has 2 rings (SSSR count). The number of benzene rings is 1. The van der Waals surface area contributed by atoms with Crippen LogP contribution in [0.2, 0.25) is 0 Å². The van der Waals surface area contributed by atoms with Gasteiger partial charge in [0.25, 0.3) is 11.8 Å². The van der Waals surface area contributed by atoms with E-state index < -0.39 is 5.91 Å². The Balaban J connectivity index is 1.97. The molecule has 2 amide bonds. The summed E-state index contributed by atoms with van der Waals surface area (Å²) in [6.07, 6.45) is 1.57. The van der Waals surface area contributed by atoms with Crippen molar-refractivity contribution in [1.29, 1.82) is 0 Å². The summed E-state index contributed by atoms with van der Waals surface area (Å²) >= 11 is 0. The predicted octanol–water partition coefficient (Wildman–Crippen LogP) is 1.42. The van der Waals surface area contributed by atoms with E-state index >= 15 is 0 Å². The van der Waals surface area contributed by atoms with Crippen molar-refractivity contribution in [3.63, 3.8) is 0 Å². The van der Waals surface area contributed by atoms with Crippen molar-refractivity contribution in [1.82, 2.24) is 4.90 Å². The first-order valence-electron chi connectivity index (χ1n) is 6.35. The number of carbonyl (C=O) groups excluding carboxylic acids is 2. The molecule has 0 bridgehead atoms. The van der Waals surface area contributed by atoms with Crippen LogP contribution in [0.5, 0.6) is 5.75 Å². The smallest absolute Gasteiger partial charge is 0.255 e. The minimum atomic E-state index is -0.548. The van der Waals surface area contributed by atoms with E-state index in [9.17, 15) is 9.59 Å². The highest BCUT2D eigenvalue weighted by atomic mass is 16.5. The van der Waals surface area contributed by atoms with Gasteiger partial charge in [0.05, 0.1) is 12.8 Å². The fourth-order valence-electron chi connectivity index (χ4n) is 1.78. The zero-order valence-electron chi connectivity index (χ0n) is 11.6. The summed E-state index contributed by atoms with van der Waals surface area (Å²) < 4.78 is 10.3. The molecule has 0 spiro atoms. The average molecular weight is 288 g/mol. The highest BCUT2D eigenvalue weighted by molar-refractivity contribution is 5.94. The van der Waals surface area contributed by atoms with E-state index in [1.807, 2.05) is 6.07 Å². The molecule has 0 aliphatic rings. The van der Waals surface area contributed by atoms with Crippen molar-refractivity contribution in [3.05, 3.63) is 54.0 Å². The van der Waals surface area contributed by atoms with Gasteiger partial charge in [-0.3, -0.25) is 9.59 Å². The van der Waals surface area contributed by atoms with Crippen LogP contribution in [0.3, 0.4) is 0 Å². The van der Waals surface area contributed by atoms with E-state index in [2.05, 4.69) is 0 Å². The molecule has 1 heterocycles. The Hall–Kier alpha value is -2.76. The standard InChI is InChI=1S/C15H16N2O4/c1-17(9-13-3-2-8-20-13)15(19)11-4-6-12(7-5-11)21-10-14(16)18/h2-8H,9-10H2,1H3,(H2,16,18). The highest BCUT2D eigenvalue weighted by Gasteiger charge is 2.13. The molecule has 0 atom stereocenters. The van der Waals surface area contributed by atoms with E-state index in [4.69, 9.17) is 14.9 Å². The van der Waals surface area contributed by atoms with Crippen molar-refractivity contribution in [2.45, 2.75) is 6.54 Å². The third-order valence-electron chi connectivity index (χ3n) is 2.80. The molecule has 21 heavy (non-hydrogen) atoms. The molecule has 0 unspecified atom stereocenters. The monoisotopic (exact) mass is 288 g/mol. The molecule has 1 aromatic heterocycles. The van der Waals surface area contributed by atoms with Crippen molar-refractivity contribution >= 4 is 11.8 Å². The van der Waals surface area contributed by atoms with Crippen molar-refractivity contribution in [2.24, 2.45) is 5.73 Å². The summed E-state index contributed by atoms with van der Waals surface area (Å²) in [5.74, 6) is 0.521. The molecule has 2 N–H and O–H groups in total. The number of carbonyl (C=O) groups is 2. The van der Waals surface area contributed by atoms with Gasteiger partial charge in [-0.25, -0.2) is 0 Å². The molecule has 0 aliphatic heterocycles. The quantitative estimate of drug-likeness (QED) is 0.871. The molecule has 0 saturated heterocycles. The lowest BCUT2D eigenvalue weighted by atomic mass is 10.2. The fraction of sp³-hybridized carbons (Fsp3) is 0.200. The number of furan rings is 1.